The van der Waals surface area contributed by atoms with Crippen molar-refractivity contribution in [3.05, 3.63) is 47.7 Å². The molecule has 2 heterocycles. The van der Waals surface area contributed by atoms with E-state index in [1.165, 1.54) is 7.11 Å². The van der Waals surface area contributed by atoms with Crippen LogP contribution in [0.5, 0.6) is 0 Å². The second-order valence-electron chi connectivity index (χ2n) is 5.95. The van der Waals surface area contributed by atoms with Crippen molar-refractivity contribution in [1.82, 2.24) is 9.88 Å². The van der Waals surface area contributed by atoms with E-state index in [2.05, 4.69) is 16.1 Å². The molecule has 0 radical (unpaired) electrons. The number of nitrogens with zero attached hydrogens (tertiary/aromatic N) is 1. The normalized spacial score (nSPS) is 17.2. The van der Waals surface area contributed by atoms with Crippen LogP contribution in [0, 0.1) is 0 Å². The number of carbonyl (C=O) groups is 2. The van der Waals surface area contributed by atoms with Crippen molar-refractivity contribution >= 4 is 22.9 Å². The highest BCUT2D eigenvalue weighted by Crippen LogP contribution is 2.38. The van der Waals surface area contributed by atoms with E-state index in [0.29, 0.717) is 19.4 Å². The number of fused-ring (bicyclic) bond motifs is 3. The topological polar surface area (TPSA) is 60.3 Å². The Labute approximate surface area is 141 Å². The van der Waals surface area contributed by atoms with Crippen molar-refractivity contribution in [2.45, 2.75) is 32.1 Å². The molecule has 1 aromatic heterocycles. The maximum atomic E-state index is 12.5. The summed E-state index contributed by atoms with van der Waals surface area (Å²) in [5.41, 5.74) is 3.16. The van der Waals surface area contributed by atoms with Gasteiger partial charge in [-0.25, -0.2) is 4.79 Å². The molecule has 1 aliphatic heterocycles. The lowest BCUT2D eigenvalue weighted by atomic mass is 9.91. The zero-order valence-corrected chi connectivity index (χ0v) is 14.0. The summed E-state index contributed by atoms with van der Waals surface area (Å²) < 4.78 is 6.50. The quantitative estimate of drug-likeness (QED) is 0.873. The molecule has 3 rings (SSSR count). The summed E-state index contributed by atoms with van der Waals surface area (Å²) in [5.74, 6) is 0.377. The second kappa shape index (κ2) is 6.91. The van der Waals surface area contributed by atoms with Gasteiger partial charge in [-0.2, -0.15) is 0 Å². The van der Waals surface area contributed by atoms with Crippen molar-refractivity contribution in [1.29, 1.82) is 0 Å². The van der Waals surface area contributed by atoms with Crippen molar-refractivity contribution < 1.29 is 14.3 Å². The third kappa shape index (κ3) is 2.82. The Hall–Kier alpha value is -2.56. The predicted molar refractivity (Wildman–Crippen MR) is 93.5 cm³/mol. The Balaban J connectivity index is 2.07. The molecule has 1 amide bonds. The van der Waals surface area contributed by atoms with Gasteiger partial charge in [0.25, 0.3) is 0 Å². The largest absolute Gasteiger partial charge is 0.453 e. The molecule has 5 heteroatoms. The maximum absolute atomic E-state index is 12.5. The van der Waals surface area contributed by atoms with Gasteiger partial charge in [-0.05, 0) is 31.4 Å². The molecule has 1 aromatic carbocycles. The Morgan fingerprint density at radius 1 is 1.42 bits per heavy atom. The predicted octanol–water partition coefficient (Wildman–Crippen LogP) is 3.63. The van der Waals surface area contributed by atoms with Crippen LogP contribution in [0.3, 0.4) is 0 Å². The highest BCUT2D eigenvalue weighted by Gasteiger charge is 2.29. The first kappa shape index (κ1) is 16.3. The van der Waals surface area contributed by atoms with Gasteiger partial charge in [0.05, 0.1) is 12.6 Å². The number of hydrogen-bond acceptors (Lipinski definition) is 3. The number of amides is 1. The van der Waals surface area contributed by atoms with Gasteiger partial charge in [0.1, 0.15) is 0 Å². The van der Waals surface area contributed by atoms with E-state index >= 15 is 0 Å². The first-order valence-corrected chi connectivity index (χ1v) is 8.27. The molecule has 126 valence electrons. The van der Waals surface area contributed by atoms with E-state index in [9.17, 15) is 9.59 Å². The van der Waals surface area contributed by atoms with Crippen LogP contribution < -0.4 is 5.32 Å². The number of para-hydroxylation sites is 1. The van der Waals surface area contributed by atoms with Crippen molar-refractivity contribution in [2.75, 3.05) is 13.7 Å². The van der Waals surface area contributed by atoms with Gasteiger partial charge in [0.15, 0.2) is 0 Å². The minimum atomic E-state index is -0.437. The fourth-order valence-corrected chi connectivity index (χ4v) is 3.56. The summed E-state index contributed by atoms with van der Waals surface area (Å²) in [6, 6.07) is 7.99. The summed E-state index contributed by atoms with van der Waals surface area (Å²) in [4.78, 5) is 23.8. The maximum Gasteiger partial charge on any atom is 0.406 e. The van der Waals surface area contributed by atoms with Crippen molar-refractivity contribution in [3.8, 4) is 0 Å². The van der Waals surface area contributed by atoms with Crippen LogP contribution in [0.2, 0.25) is 0 Å². The summed E-state index contributed by atoms with van der Waals surface area (Å²) in [6.45, 7) is 2.48. The Morgan fingerprint density at radius 3 is 2.96 bits per heavy atom. The lowest BCUT2D eigenvalue weighted by Crippen LogP contribution is -2.26. The number of nitrogens with one attached hydrogen (secondary N) is 1. The van der Waals surface area contributed by atoms with Crippen LogP contribution in [0.25, 0.3) is 10.9 Å². The number of rotatable bonds is 4. The summed E-state index contributed by atoms with van der Waals surface area (Å²) in [7, 11) is 1.35. The number of aromatic nitrogens is 1. The average Bonchev–Trinajstić information content (AvgIpc) is 2.93. The van der Waals surface area contributed by atoms with Gasteiger partial charge < -0.3 is 10.1 Å². The second-order valence-corrected chi connectivity index (χ2v) is 5.95. The lowest BCUT2D eigenvalue weighted by molar-refractivity contribution is 0.0885. The number of ether oxygens (including phenoxy) is 1. The molecular formula is C19H22N2O3. The van der Waals surface area contributed by atoms with Crippen LogP contribution in [0.15, 0.2) is 36.4 Å². The number of methoxy groups -OCH3 is 1. The van der Waals surface area contributed by atoms with Crippen LogP contribution in [-0.4, -0.2) is 30.2 Å². The van der Waals surface area contributed by atoms with Crippen molar-refractivity contribution in [2.24, 2.45) is 0 Å². The molecule has 1 N–H and O–H groups in total. The van der Waals surface area contributed by atoms with Gasteiger partial charge in [-0.1, -0.05) is 30.4 Å². The van der Waals surface area contributed by atoms with E-state index < -0.39 is 6.09 Å². The van der Waals surface area contributed by atoms with Crippen LogP contribution in [0.1, 0.15) is 41.7 Å². The van der Waals surface area contributed by atoms with Crippen LogP contribution >= 0.6 is 0 Å². The van der Waals surface area contributed by atoms with E-state index in [1.807, 2.05) is 41.8 Å². The number of benzene rings is 1. The van der Waals surface area contributed by atoms with Gasteiger partial charge in [-0.3, -0.25) is 9.36 Å². The van der Waals surface area contributed by atoms with E-state index in [4.69, 9.17) is 0 Å². The molecule has 2 aromatic rings. The molecule has 0 saturated heterocycles. The molecule has 1 atom stereocenters. The fraction of sp³-hybridized carbons (Fsp3) is 0.368. The lowest BCUT2D eigenvalue weighted by Gasteiger charge is -2.23. The van der Waals surface area contributed by atoms with Crippen molar-refractivity contribution in [3.63, 3.8) is 0 Å². The monoisotopic (exact) mass is 326 g/mol. The smallest absolute Gasteiger partial charge is 0.406 e. The van der Waals surface area contributed by atoms with Crippen LogP contribution in [-0.2, 0) is 11.2 Å². The summed E-state index contributed by atoms with van der Waals surface area (Å²) in [6.07, 6.45) is 5.82. The van der Waals surface area contributed by atoms with Gasteiger partial charge in [-0.15, -0.1) is 0 Å². The highest BCUT2D eigenvalue weighted by molar-refractivity contribution is 5.97. The highest BCUT2D eigenvalue weighted by atomic mass is 16.5. The minimum Gasteiger partial charge on any atom is -0.453 e. The Morgan fingerprint density at radius 2 is 2.21 bits per heavy atom. The average molecular weight is 326 g/mol. The molecular weight excluding hydrogens is 304 g/mol. The molecule has 0 bridgehead atoms. The Bertz CT molecular complexity index is 804. The number of carbonyl (C=O) groups excluding carboxylic acids is 2. The first-order valence-electron chi connectivity index (χ1n) is 8.27. The molecule has 0 aliphatic carbocycles. The third-order valence-corrected chi connectivity index (χ3v) is 4.54. The van der Waals surface area contributed by atoms with Gasteiger partial charge in [0, 0.05) is 30.0 Å². The van der Waals surface area contributed by atoms with Gasteiger partial charge >= 0.3 is 6.09 Å². The van der Waals surface area contributed by atoms with Crippen LogP contribution in [0.4, 0.5) is 4.79 Å². The van der Waals surface area contributed by atoms with E-state index in [1.54, 1.807) is 0 Å². The standard InChI is InChI=1S/C19H22N2O3/c1-3-6-13-9-10-17(22)21-16-8-5-4-7-14(16)15(18(13)21)11-12-20-19(23)24-2/h3-8,13H,9-12H2,1-2H3,(H,20,23)/t13-/m0/s1. The van der Waals surface area contributed by atoms with E-state index in [0.717, 1.165) is 28.6 Å². The molecule has 24 heavy (non-hydrogen) atoms. The molecule has 5 nitrogen and oxygen atoms in total. The molecule has 0 saturated carbocycles. The summed E-state index contributed by atoms with van der Waals surface area (Å²) in [5, 5.41) is 3.81. The Kier molecular flexibility index (Phi) is 4.69. The zero-order chi connectivity index (χ0) is 17.1. The molecule has 1 aliphatic rings. The number of allylic oxidation sites excluding steroid dienone is 2. The molecule has 0 fully saturated rings. The third-order valence-electron chi connectivity index (χ3n) is 4.54. The number of alkyl carbamates (subject to hydrolysis) is 1. The summed E-state index contributed by atoms with van der Waals surface area (Å²) >= 11 is 0. The number of hydrogen-bond donors (Lipinski definition) is 1. The van der Waals surface area contributed by atoms with E-state index in [-0.39, 0.29) is 11.8 Å². The van der Waals surface area contributed by atoms with Gasteiger partial charge in [0.2, 0.25) is 5.91 Å². The molecule has 0 spiro atoms. The fourth-order valence-electron chi connectivity index (χ4n) is 3.56. The SMILES string of the molecule is CC=C[C@H]1CCC(=O)n2c1c(CCNC(=O)OC)c1ccccc12. The molecule has 0 unspecified atom stereocenters. The zero-order valence-electron chi connectivity index (χ0n) is 14.0. The minimum absolute atomic E-state index is 0.147. The first-order chi connectivity index (χ1) is 11.7.